The highest BCUT2D eigenvalue weighted by atomic mass is 16.1. The molecule has 2 aliphatic heterocycles. The summed E-state index contributed by atoms with van der Waals surface area (Å²) < 4.78 is 0. The minimum Gasteiger partial charge on any atom is -0.380 e. The third kappa shape index (κ3) is 3.77. The summed E-state index contributed by atoms with van der Waals surface area (Å²) >= 11 is 0. The van der Waals surface area contributed by atoms with Crippen molar-refractivity contribution < 1.29 is 4.79 Å². The van der Waals surface area contributed by atoms with Gasteiger partial charge in [-0.2, -0.15) is 0 Å². The van der Waals surface area contributed by atoms with Crippen LogP contribution < -0.4 is 4.90 Å². The Morgan fingerprint density at radius 3 is 2.08 bits per heavy atom. The molecule has 0 aromatic heterocycles. The molecule has 37 heavy (non-hydrogen) atoms. The van der Waals surface area contributed by atoms with Gasteiger partial charge in [0, 0.05) is 66.7 Å². The largest absolute Gasteiger partial charge is 0.380 e. The molecule has 0 N–H and O–H groups in total. The number of nitrogens with zero attached hydrogens (tertiary/aromatic N) is 3. The van der Waals surface area contributed by atoms with Crippen LogP contribution in [0.2, 0.25) is 0 Å². The van der Waals surface area contributed by atoms with Crippen LogP contribution in [0.3, 0.4) is 0 Å². The molecule has 4 aromatic carbocycles. The molecule has 0 saturated carbocycles. The maximum absolute atomic E-state index is 13.6. The standard InChI is InChI=1S/C33H27N3O/c1-35-18-24-20-36(21-25(24)19-35)27-13-15-29-28-14-12-26(16-30(28)33(37)31(29)17-27)34-32(22-8-4-2-5-9-22)23-10-6-3-7-11-23/h2-18,25H,19-21H2,1H3. The Morgan fingerprint density at radius 2 is 1.41 bits per heavy atom. The molecule has 0 spiro atoms. The Bertz CT molecular complexity index is 1550. The molecule has 180 valence electrons. The van der Waals surface area contributed by atoms with Gasteiger partial charge in [0.1, 0.15) is 0 Å². The van der Waals surface area contributed by atoms with Gasteiger partial charge in [-0.1, -0.05) is 72.8 Å². The van der Waals surface area contributed by atoms with Crippen LogP contribution in [0, 0.1) is 5.92 Å². The van der Waals surface area contributed by atoms with Crippen molar-refractivity contribution in [3.05, 3.63) is 131 Å². The molecule has 1 fully saturated rings. The maximum atomic E-state index is 13.6. The average molecular weight is 482 g/mol. The fraction of sp³-hybridized carbons (Fsp3) is 0.152. The van der Waals surface area contributed by atoms with Gasteiger partial charge < -0.3 is 9.80 Å². The molecule has 1 saturated heterocycles. The summed E-state index contributed by atoms with van der Waals surface area (Å²) in [6.45, 7) is 3.03. The van der Waals surface area contributed by atoms with Crippen molar-refractivity contribution in [2.24, 2.45) is 10.9 Å². The third-order valence-electron chi connectivity index (χ3n) is 7.72. The van der Waals surface area contributed by atoms with E-state index in [1.807, 2.05) is 54.6 Å². The molecule has 0 amide bonds. The Morgan fingerprint density at radius 1 is 0.757 bits per heavy atom. The van der Waals surface area contributed by atoms with E-state index >= 15 is 0 Å². The van der Waals surface area contributed by atoms with Crippen LogP contribution in [0.25, 0.3) is 11.1 Å². The highest BCUT2D eigenvalue weighted by Gasteiger charge is 2.34. The van der Waals surface area contributed by atoms with Crippen molar-refractivity contribution in [2.45, 2.75) is 0 Å². The van der Waals surface area contributed by atoms with E-state index in [4.69, 9.17) is 4.99 Å². The highest BCUT2D eigenvalue weighted by Crippen LogP contribution is 2.41. The molecule has 1 unspecified atom stereocenters. The van der Waals surface area contributed by atoms with Gasteiger partial charge in [0.25, 0.3) is 0 Å². The van der Waals surface area contributed by atoms with Crippen molar-refractivity contribution in [3.63, 3.8) is 0 Å². The first kappa shape index (κ1) is 21.8. The van der Waals surface area contributed by atoms with Crippen LogP contribution in [0.5, 0.6) is 0 Å². The first-order valence-corrected chi connectivity index (χ1v) is 12.8. The van der Waals surface area contributed by atoms with Gasteiger partial charge in [0.2, 0.25) is 0 Å². The van der Waals surface area contributed by atoms with Gasteiger partial charge >= 0.3 is 0 Å². The lowest BCUT2D eigenvalue weighted by molar-refractivity contribution is 0.104. The van der Waals surface area contributed by atoms with E-state index in [0.29, 0.717) is 5.92 Å². The van der Waals surface area contributed by atoms with Crippen LogP contribution >= 0.6 is 0 Å². The zero-order valence-electron chi connectivity index (χ0n) is 20.8. The lowest BCUT2D eigenvalue weighted by Gasteiger charge is -2.21. The van der Waals surface area contributed by atoms with Crippen LogP contribution in [-0.4, -0.2) is 43.1 Å². The summed E-state index contributed by atoms with van der Waals surface area (Å²) in [7, 11) is 2.14. The van der Waals surface area contributed by atoms with E-state index in [-0.39, 0.29) is 5.78 Å². The van der Waals surface area contributed by atoms with E-state index < -0.39 is 0 Å². The molecule has 7 rings (SSSR count). The number of fused-ring (bicyclic) bond motifs is 4. The fourth-order valence-corrected chi connectivity index (χ4v) is 5.94. The second-order valence-electron chi connectivity index (χ2n) is 10.2. The van der Waals surface area contributed by atoms with Crippen molar-refractivity contribution in [3.8, 4) is 11.1 Å². The molecular weight excluding hydrogens is 454 g/mol. The zero-order valence-corrected chi connectivity index (χ0v) is 20.8. The van der Waals surface area contributed by atoms with Crippen molar-refractivity contribution in [1.82, 2.24) is 4.90 Å². The zero-order chi connectivity index (χ0) is 24.9. The Balaban J connectivity index is 1.23. The van der Waals surface area contributed by atoms with Crippen molar-refractivity contribution in [2.75, 3.05) is 31.6 Å². The van der Waals surface area contributed by atoms with Gasteiger partial charge in [-0.25, -0.2) is 4.99 Å². The number of aliphatic imine (C=N–C) groups is 1. The number of benzene rings is 4. The summed E-state index contributed by atoms with van der Waals surface area (Å²) in [6.07, 6.45) is 2.28. The topological polar surface area (TPSA) is 35.9 Å². The van der Waals surface area contributed by atoms with Crippen LogP contribution in [0.15, 0.2) is 114 Å². The smallest absolute Gasteiger partial charge is 0.194 e. The van der Waals surface area contributed by atoms with Crippen LogP contribution in [0.4, 0.5) is 11.4 Å². The second-order valence-corrected chi connectivity index (χ2v) is 10.2. The maximum Gasteiger partial charge on any atom is 0.194 e. The van der Waals surface area contributed by atoms with Gasteiger partial charge in [0.15, 0.2) is 5.78 Å². The lowest BCUT2D eigenvalue weighted by atomic mass is 10.0. The second kappa shape index (κ2) is 8.59. The summed E-state index contributed by atoms with van der Waals surface area (Å²) in [6, 6.07) is 32.8. The predicted octanol–water partition coefficient (Wildman–Crippen LogP) is 6.33. The summed E-state index contributed by atoms with van der Waals surface area (Å²) in [4.78, 5) is 23.3. The van der Waals surface area contributed by atoms with Crippen molar-refractivity contribution in [1.29, 1.82) is 0 Å². The van der Waals surface area contributed by atoms with E-state index in [1.165, 1.54) is 5.57 Å². The first-order valence-electron chi connectivity index (χ1n) is 12.8. The van der Waals surface area contributed by atoms with E-state index in [0.717, 1.165) is 70.1 Å². The number of carbonyl (C=O) groups excluding carboxylic acids is 1. The fourth-order valence-electron chi connectivity index (χ4n) is 5.94. The molecular formula is C33H27N3O. The van der Waals surface area contributed by atoms with E-state index in [2.05, 4.69) is 65.5 Å². The summed E-state index contributed by atoms with van der Waals surface area (Å²) in [5, 5.41) is 0. The molecule has 4 nitrogen and oxygen atoms in total. The number of carbonyl (C=O) groups is 1. The number of ketones is 1. The predicted molar refractivity (Wildman–Crippen MR) is 150 cm³/mol. The normalized spacial score (nSPS) is 17.4. The summed E-state index contributed by atoms with van der Waals surface area (Å²) in [5.41, 5.74) is 9.93. The molecule has 4 heteroatoms. The molecule has 4 aromatic rings. The number of hydrogen-bond donors (Lipinski definition) is 0. The minimum atomic E-state index is 0.0863. The SMILES string of the molecule is CN1C=C2CN(c3ccc4c(c3)C(=O)c3cc(N=C(c5ccccc5)c5ccccc5)ccc3-4)CC2C1. The first-order chi connectivity index (χ1) is 18.1. The molecule has 0 radical (unpaired) electrons. The number of hydrogen-bond acceptors (Lipinski definition) is 4. The monoisotopic (exact) mass is 481 g/mol. The van der Waals surface area contributed by atoms with Gasteiger partial charge in [-0.15, -0.1) is 0 Å². The highest BCUT2D eigenvalue weighted by molar-refractivity contribution is 6.22. The van der Waals surface area contributed by atoms with E-state index in [1.54, 1.807) is 0 Å². The number of anilines is 1. The van der Waals surface area contributed by atoms with Crippen LogP contribution in [0.1, 0.15) is 27.0 Å². The molecule has 1 atom stereocenters. The Kier molecular flexibility index (Phi) is 5.07. The Labute approximate surface area is 217 Å². The molecule has 3 aliphatic rings. The molecule has 1 aliphatic carbocycles. The van der Waals surface area contributed by atoms with Gasteiger partial charge in [0.05, 0.1) is 11.4 Å². The lowest BCUT2D eigenvalue weighted by Crippen LogP contribution is -2.24. The van der Waals surface area contributed by atoms with E-state index in [9.17, 15) is 4.79 Å². The van der Waals surface area contributed by atoms with Gasteiger partial charge in [-0.05, 0) is 41.0 Å². The van der Waals surface area contributed by atoms with Crippen LogP contribution in [-0.2, 0) is 0 Å². The summed E-state index contributed by atoms with van der Waals surface area (Å²) in [5.74, 6) is 0.679. The van der Waals surface area contributed by atoms with Crippen molar-refractivity contribution >= 4 is 22.9 Å². The Hall–Kier alpha value is -4.44. The molecule has 0 bridgehead atoms. The molecule has 2 heterocycles. The average Bonchev–Trinajstić information content (AvgIpc) is 3.57. The van der Waals surface area contributed by atoms with Gasteiger partial charge in [-0.3, -0.25) is 4.79 Å². The number of rotatable bonds is 4. The third-order valence-corrected chi connectivity index (χ3v) is 7.72. The quantitative estimate of drug-likeness (QED) is 0.281. The minimum absolute atomic E-state index is 0.0863.